The first-order valence-electron chi connectivity index (χ1n) is 4.84. The van der Waals surface area contributed by atoms with Crippen LogP contribution in [-0.4, -0.2) is 20.7 Å². The van der Waals surface area contributed by atoms with E-state index in [-0.39, 0.29) is 12.5 Å². The first kappa shape index (κ1) is 11.4. The molecule has 2 aromatic heterocycles. The number of nitrogen functional groups attached to an aromatic ring is 1. The average Bonchev–Trinajstić information content (AvgIpc) is 2.63. The minimum absolute atomic E-state index is 0.0748. The van der Waals surface area contributed by atoms with E-state index in [4.69, 9.17) is 17.3 Å². The first-order valence-corrected chi connectivity index (χ1v) is 5.21. The van der Waals surface area contributed by atoms with Crippen LogP contribution in [-0.2, 0) is 11.3 Å². The van der Waals surface area contributed by atoms with Crippen LogP contribution >= 0.6 is 11.6 Å². The van der Waals surface area contributed by atoms with Gasteiger partial charge >= 0.3 is 0 Å². The number of rotatable bonds is 3. The molecule has 0 saturated carbocycles. The van der Waals surface area contributed by atoms with Crippen LogP contribution in [0.2, 0.25) is 5.02 Å². The number of nitrogens with two attached hydrogens (primary N) is 1. The molecule has 0 saturated heterocycles. The van der Waals surface area contributed by atoms with Gasteiger partial charge in [-0.05, 0) is 18.2 Å². The van der Waals surface area contributed by atoms with Gasteiger partial charge in [0.2, 0.25) is 5.91 Å². The Kier molecular flexibility index (Phi) is 3.24. The van der Waals surface area contributed by atoms with Crippen LogP contribution in [0.25, 0.3) is 0 Å². The summed E-state index contributed by atoms with van der Waals surface area (Å²) in [4.78, 5) is 15.6. The van der Waals surface area contributed by atoms with E-state index < -0.39 is 0 Å². The third-order valence-electron chi connectivity index (χ3n) is 1.96. The molecule has 0 aliphatic heterocycles. The normalized spacial score (nSPS) is 10.2. The first-order chi connectivity index (χ1) is 8.13. The molecule has 0 aliphatic rings. The molecule has 0 radical (unpaired) electrons. The molecule has 3 N–H and O–H groups in total. The van der Waals surface area contributed by atoms with Crippen molar-refractivity contribution in [2.45, 2.75) is 6.54 Å². The second kappa shape index (κ2) is 4.84. The Hall–Kier alpha value is -2.08. The van der Waals surface area contributed by atoms with Crippen LogP contribution in [0.5, 0.6) is 0 Å². The van der Waals surface area contributed by atoms with Gasteiger partial charge in [0, 0.05) is 17.4 Å². The van der Waals surface area contributed by atoms with E-state index in [1.54, 1.807) is 24.4 Å². The zero-order chi connectivity index (χ0) is 12.3. The van der Waals surface area contributed by atoms with Gasteiger partial charge in [0.15, 0.2) is 0 Å². The summed E-state index contributed by atoms with van der Waals surface area (Å²) in [6, 6.07) is 4.81. The molecule has 88 valence electrons. The van der Waals surface area contributed by atoms with E-state index in [2.05, 4.69) is 15.4 Å². The monoisotopic (exact) mass is 251 g/mol. The molecule has 0 bridgehead atoms. The van der Waals surface area contributed by atoms with E-state index >= 15 is 0 Å². The molecule has 0 unspecified atom stereocenters. The number of nitrogens with zero attached hydrogens (tertiary/aromatic N) is 3. The van der Waals surface area contributed by atoms with Gasteiger partial charge in [0.25, 0.3) is 0 Å². The van der Waals surface area contributed by atoms with Crippen molar-refractivity contribution in [3.63, 3.8) is 0 Å². The maximum atomic E-state index is 11.6. The Bertz CT molecular complexity index is 539. The van der Waals surface area contributed by atoms with E-state index in [0.717, 1.165) is 0 Å². The number of halogens is 1. The Morgan fingerprint density at radius 1 is 1.53 bits per heavy atom. The van der Waals surface area contributed by atoms with Gasteiger partial charge in [-0.1, -0.05) is 11.6 Å². The number of carbonyl (C=O) groups is 1. The summed E-state index contributed by atoms with van der Waals surface area (Å²) < 4.78 is 1.44. The second-order valence-electron chi connectivity index (χ2n) is 3.35. The molecule has 0 aromatic carbocycles. The summed E-state index contributed by atoms with van der Waals surface area (Å²) in [5.41, 5.74) is 5.43. The van der Waals surface area contributed by atoms with Crippen molar-refractivity contribution >= 4 is 29.1 Å². The largest absolute Gasteiger partial charge is 0.382 e. The topological polar surface area (TPSA) is 85.8 Å². The van der Waals surface area contributed by atoms with Gasteiger partial charge in [0.1, 0.15) is 18.2 Å². The van der Waals surface area contributed by atoms with Crippen molar-refractivity contribution in [1.29, 1.82) is 0 Å². The molecule has 7 heteroatoms. The lowest BCUT2D eigenvalue weighted by Crippen LogP contribution is -2.19. The Morgan fingerprint density at radius 2 is 2.35 bits per heavy atom. The molecule has 0 fully saturated rings. The summed E-state index contributed by atoms with van der Waals surface area (Å²) in [6.45, 7) is 0.0748. The molecule has 2 aromatic rings. The number of hydrogen-bond acceptors (Lipinski definition) is 4. The summed E-state index contributed by atoms with van der Waals surface area (Å²) in [5.74, 6) is 0.532. The molecule has 0 aliphatic carbocycles. The minimum atomic E-state index is -0.247. The fourth-order valence-corrected chi connectivity index (χ4v) is 1.43. The number of aromatic nitrogens is 3. The van der Waals surface area contributed by atoms with Gasteiger partial charge in [0.05, 0.1) is 0 Å². The zero-order valence-corrected chi connectivity index (χ0v) is 9.55. The van der Waals surface area contributed by atoms with Crippen LogP contribution in [0.15, 0.2) is 30.6 Å². The van der Waals surface area contributed by atoms with Crippen molar-refractivity contribution in [3.8, 4) is 0 Å². The van der Waals surface area contributed by atoms with E-state index in [9.17, 15) is 4.79 Å². The SMILES string of the molecule is Nc1ccn(CC(=O)Nc2cc(Cl)ccn2)n1. The number of pyridine rings is 1. The Morgan fingerprint density at radius 3 is 3.00 bits per heavy atom. The number of amides is 1. The highest BCUT2D eigenvalue weighted by Crippen LogP contribution is 2.11. The fraction of sp³-hybridized carbons (Fsp3) is 0.100. The highest BCUT2D eigenvalue weighted by atomic mass is 35.5. The molecular formula is C10H10ClN5O. The lowest BCUT2D eigenvalue weighted by atomic mass is 10.4. The number of nitrogens with one attached hydrogen (secondary N) is 1. The number of carbonyl (C=O) groups excluding carboxylic acids is 1. The van der Waals surface area contributed by atoms with Gasteiger partial charge < -0.3 is 11.1 Å². The highest BCUT2D eigenvalue weighted by molar-refractivity contribution is 6.30. The van der Waals surface area contributed by atoms with E-state index in [0.29, 0.717) is 16.7 Å². The highest BCUT2D eigenvalue weighted by Gasteiger charge is 2.05. The van der Waals surface area contributed by atoms with E-state index in [1.165, 1.54) is 10.9 Å². The van der Waals surface area contributed by atoms with Gasteiger partial charge in [-0.15, -0.1) is 0 Å². The maximum Gasteiger partial charge on any atom is 0.247 e. The Labute approximate surface area is 102 Å². The van der Waals surface area contributed by atoms with Crippen LogP contribution in [0.1, 0.15) is 0 Å². The van der Waals surface area contributed by atoms with Gasteiger partial charge in [-0.25, -0.2) is 4.98 Å². The lowest BCUT2D eigenvalue weighted by molar-refractivity contribution is -0.116. The smallest absolute Gasteiger partial charge is 0.247 e. The molecule has 1 amide bonds. The lowest BCUT2D eigenvalue weighted by Gasteiger charge is -2.04. The van der Waals surface area contributed by atoms with Crippen LogP contribution in [0.4, 0.5) is 11.6 Å². The van der Waals surface area contributed by atoms with Crippen molar-refractivity contribution in [3.05, 3.63) is 35.6 Å². The zero-order valence-electron chi connectivity index (χ0n) is 8.80. The van der Waals surface area contributed by atoms with Crippen molar-refractivity contribution in [2.75, 3.05) is 11.1 Å². The van der Waals surface area contributed by atoms with Crippen molar-refractivity contribution < 1.29 is 4.79 Å². The molecule has 2 heterocycles. The van der Waals surface area contributed by atoms with Crippen LogP contribution < -0.4 is 11.1 Å². The fourth-order valence-electron chi connectivity index (χ4n) is 1.27. The van der Waals surface area contributed by atoms with Crippen molar-refractivity contribution in [2.24, 2.45) is 0 Å². The summed E-state index contributed by atoms with van der Waals surface area (Å²) in [7, 11) is 0. The maximum absolute atomic E-state index is 11.6. The van der Waals surface area contributed by atoms with Gasteiger partial charge in [-0.2, -0.15) is 5.10 Å². The number of hydrogen-bond donors (Lipinski definition) is 2. The average molecular weight is 252 g/mol. The number of anilines is 2. The van der Waals surface area contributed by atoms with Gasteiger partial charge in [-0.3, -0.25) is 9.48 Å². The second-order valence-corrected chi connectivity index (χ2v) is 3.78. The van der Waals surface area contributed by atoms with E-state index in [1.807, 2.05) is 0 Å². The minimum Gasteiger partial charge on any atom is -0.382 e. The summed E-state index contributed by atoms with van der Waals surface area (Å²) in [5, 5.41) is 7.01. The predicted octanol–water partition coefficient (Wildman–Crippen LogP) is 1.15. The quantitative estimate of drug-likeness (QED) is 0.857. The molecule has 0 spiro atoms. The standard InChI is InChI=1S/C10H10ClN5O/c11-7-1-3-13-9(5-7)14-10(17)6-16-4-2-8(12)15-16/h1-5H,6H2,(H2,12,15)(H,13,14,17). The molecule has 6 nitrogen and oxygen atoms in total. The third kappa shape index (κ3) is 3.18. The molecule has 0 atom stereocenters. The van der Waals surface area contributed by atoms with Crippen LogP contribution in [0, 0.1) is 0 Å². The summed E-state index contributed by atoms with van der Waals surface area (Å²) >= 11 is 5.77. The summed E-state index contributed by atoms with van der Waals surface area (Å²) in [6.07, 6.45) is 3.14. The predicted molar refractivity (Wildman–Crippen MR) is 64.5 cm³/mol. The third-order valence-corrected chi connectivity index (χ3v) is 2.19. The van der Waals surface area contributed by atoms with Crippen LogP contribution in [0.3, 0.4) is 0 Å². The molecular weight excluding hydrogens is 242 g/mol. The molecule has 2 rings (SSSR count). The molecule has 17 heavy (non-hydrogen) atoms. The van der Waals surface area contributed by atoms with Crippen molar-refractivity contribution in [1.82, 2.24) is 14.8 Å². The Balaban J connectivity index is 1.98.